The highest BCUT2D eigenvalue weighted by atomic mass is 16.3. The molecular formula is C16H17N3O. The number of oxazole rings is 1. The number of hydrogen-bond donors (Lipinski definition) is 1. The minimum atomic E-state index is 0.692. The van der Waals surface area contributed by atoms with Crippen LogP contribution in [-0.2, 0) is 0 Å². The Labute approximate surface area is 118 Å². The van der Waals surface area contributed by atoms with Crippen molar-refractivity contribution in [1.29, 1.82) is 0 Å². The van der Waals surface area contributed by atoms with Gasteiger partial charge in [0.2, 0.25) is 0 Å². The van der Waals surface area contributed by atoms with E-state index in [1.54, 1.807) is 0 Å². The van der Waals surface area contributed by atoms with Crippen LogP contribution in [0, 0.1) is 6.92 Å². The number of nitrogens with one attached hydrogen (secondary N) is 1. The molecule has 0 aliphatic rings. The van der Waals surface area contributed by atoms with Crippen molar-refractivity contribution in [3.05, 3.63) is 48.4 Å². The molecule has 1 aromatic heterocycles. The molecule has 4 heteroatoms. The molecule has 1 N–H and O–H groups in total. The molecule has 20 heavy (non-hydrogen) atoms. The van der Waals surface area contributed by atoms with E-state index < -0.39 is 0 Å². The summed E-state index contributed by atoms with van der Waals surface area (Å²) in [6, 6.07) is 14.3. The van der Waals surface area contributed by atoms with Gasteiger partial charge in [-0.15, -0.1) is 0 Å². The van der Waals surface area contributed by atoms with Gasteiger partial charge < -0.3 is 14.6 Å². The molecule has 3 rings (SSSR count). The summed E-state index contributed by atoms with van der Waals surface area (Å²) in [5.41, 5.74) is 5.00. The molecule has 3 aromatic rings. The quantitative estimate of drug-likeness (QED) is 0.780. The molecule has 0 spiro atoms. The number of anilines is 3. The molecule has 0 atom stereocenters. The highest BCUT2D eigenvalue weighted by molar-refractivity contribution is 5.80. The normalized spacial score (nSPS) is 10.8. The molecule has 2 aromatic carbocycles. The number of rotatable bonds is 3. The molecule has 0 fully saturated rings. The Morgan fingerprint density at radius 2 is 1.90 bits per heavy atom. The van der Waals surface area contributed by atoms with E-state index in [0.717, 1.165) is 28.2 Å². The van der Waals surface area contributed by atoms with Crippen LogP contribution in [0.3, 0.4) is 0 Å². The minimum absolute atomic E-state index is 0.692. The zero-order valence-electron chi connectivity index (χ0n) is 11.8. The Kier molecular flexibility index (Phi) is 3.06. The van der Waals surface area contributed by atoms with Crippen molar-refractivity contribution in [3.8, 4) is 0 Å². The number of nitrogens with zero attached hydrogens (tertiary/aromatic N) is 2. The maximum Gasteiger partial charge on any atom is 0.192 e. The third-order valence-electron chi connectivity index (χ3n) is 3.39. The lowest BCUT2D eigenvalue weighted by molar-refractivity contribution is 0.561. The van der Waals surface area contributed by atoms with Gasteiger partial charge in [-0.1, -0.05) is 6.07 Å². The second kappa shape index (κ2) is 4.89. The topological polar surface area (TPSA) is 41.3 Å². The Hall–Kier alpha value is -2.49. The molecule has 0 unspecified atom stereocenters. The van der Waals surface area contributed by atoms with Gasteiger partial charge in [0.1, 0.15) is 5.52 Å². The van der Waals surface area contributed by atoms with E-state index in [4.69, 9.17) is 4.42 Å². The standard InChI is InChI=1S/C16H17N3O/c1-11-18-15-10-14(7-8-16(15)20-11)19(3)13-6-4-5-12(9-13)17-2/h4-10,17H,1-3H3. The Bertz CT molecular complexity index is 748. The highest BCUT2D eigenvalue weighted by Crippen LogP contribution is 2.28. The number of aryl methyl sites for hydroxylation is 1. The number of fused-ring (bicyclic) bond motifs is 1. The Morgan fingerprint density at radius 1 is 1.10 bits per heavy atom. The van der Waals surface area contributed by atoms with Crippen molar-refractivity contribution in [2.45, 2.75) is 6.92 Å². The van der Waals surface area contributed by atoms with Gasteiger partial charge in [0.25, 0.3) is 0 Å². The summed E-state index contributed by atoms with van der Waals surface area (Å²) in [7, 11) is 3.96. The average molecular weight is 267 g/mol. The van der Waals surface area contributed by atoms with E-state index in [9.17, 15) is 0 Å². The van der Waals surface area contributed by atoms with Gasteiger partial charge in [-0.2, -0.15) is 0 Å². The van der Waals surface area contributed by atoms with Crippen molar-refractivity contribution >= 4 is 28.2 Å². The predicted molar refractivity (Wildman–Crippen MR) is 82.8 cm³/mol. The third-order valence-corrected chi connectivity index (χ3v) is 3.39. The molecule has 0 bridgehead atoms. The lowest BCUT2D eigenvalue weighted by Crippen LogP contribution is -2.09. The van der Waals surface area contributed by atoms with E-state index in [-0.39, 0.29) is 0 Å². The fourth-order valence-corrected chi connectivity index (χ4v) is 2.26. The fourth-order valence-electron chi connectivity index (χ4n) is 2.26. The zero-order valence-corrected chi connectivity index (χ0v) is 11.8. The first-order chi connectivity index (χ1) is 9.67. The van der Waals surface area contributed by atoms with Gasteiger partial charge in [-0.3, -0.25) is 0 Å². The van der Waals surface area contributed by atoms with Gasteiger partial charge in [0.15, 0.2) is 11.5 Å². The van der Waals surface area contributed by atoms with Crippen LogP contribution in [0.15, 0.2) is 46.9 Å². The maximum absolute atomic E-state index is 5.51. The van der Waals surface area contributed by atoms with Crippen LogP contribution in [0.2, 0.25) is 0 Å². The summed E-state index contributed by atoms with van der Waals surface area (Å²) in [6.45, 7) is 1.86. The Balaban J connectivity index is 2.00. The highest BCUT2D eigenvalue weighted by Gasteiger charge is 2.08. The van der Waals surface area contributed by atoms with Crippen molar-refractivity contribution in [2.24, 2.45) is 0 Å². The smallest absolute Gasteiger partial charge is 0.192 e. The van der Waals surface area contributed by atoms with Gasteiger partial charge in [0.05, 0.1) is 0 Å². The van der Waals surface area contributed by atoms with E-state index >= 15 is 0 Å². The lowest BCUT2D eigenvalue weighted by Gasteiger charge is -2.20. The van der Waals surface area contributed by atoms with Gasteiger partial charge in [0, 0.05) is 38.1 Å². The summed E-state index contributed by atoms with van der Waals surface area (Å²) in [4.78, 5) is 6.51. The van der Waals surface area contributed by atoms with E-state index in [1.807, 2.05) is 51.4 Å². The predicted octanol–water partition coefficient (Wildman–Crippen LogP) is 3.95. The first-order valence-electron chi connectivity index (χ1n) is 6.56. The molecule has 0 amide bonds. The van der Waals surface area contributed by atoms with E-state index in [0.29, 0.717) is 5.89 Å². The number of benzene rings is 2. The molecule has 0 aliphatic carbocycles. The lowest BCUT2D eigenvalue weighted by atomic mass is 10.2. The Morgan fingerprint density at radius 3 is 2.70 bits per heavy atom. The van der Waals surface area contributed by atoms with Crippen LogP contribution >= 0.6 is 0 Å². The molecule has 102 valence electrons. The molecule has 0 saturated heterocycles. The summed E-state index contributed by atoms with van der Waals surface area (Å²) < 4.78 is 5.51. The fraction of sp³-hybridized carbons (Fsp3) is 0.188. The van der Waals surface area contributed by atoms with Gasteiger partial charge in [-0.05, 0) is 36.4 Å². The van der Waals surface area contributed by atoms with Crippen LogP contribution in [0.25, 0.3) is 11.1 Å². The molecule has 0 aliphatic heterocycles. The van der Waals surface area contributed by atoms with Crippen LogP contribution in [0.5, 0.6) is 0 Å². The average Bonchev–Trinajstić information content (AvgIpc) is 2.85. The van der Waals surface area contributed by atoms with E-state index in [1.165, 1.54) is 0 Å². The summed E-state index contributed by atoms with van der Waals surface area (Å²) in [5.74, 6) is 0.692. The summed E-state index contributed by atoms with van der Waals surface area (Å²) >= 11 is 0. The van der Waals surface area contributed by atoms with Gasteiger partial charge in [-0.25, -0.2) is 4.98 Å². The summed E-state index contributed by atoms with van der Waals surface area (Å²) in [5, 5.41) is 3.15. The van der Waals surface area contributed by atoms with Crippen LogP contribution in [0.1, 0.15) is 5.89 Å². The second-order valence-electron chi connectivity index (χ2n) is 4.74. The second-order valence-corrected chi connectivity index (χ2v) is 4.74. The van der Waals surface area contributed by atoms with Crippen LogP contribution < -0.4 is 10.2 Å². The van der Waals surface area contributed by atoms with Crippen LogP contribution in [-0.4, -0.2) is 19.1 Å². The SMILES string of the molecule is CNc1cccc(N(C)c2ccc3oc(C)nc3c2)c1. The van der Waals surface area contributed by atoms with Crippen molar-refractivity contribution < 1.29 is 4.42 Å². The first-order valence-corrected chi connectivity index (χ1v) is 6.56. The number of hydrogen-bond acceptors (Lipinski definition) is 4. The molecular weight excluding hydrogens is 250 g/mol. The first kappa shape index (κ1) is 12.5. The molecule has 1 heterocycles. The maximum atomic E-state index is 5.51. The van der Waals surface area contributed by atoms with Crippen LogP contribution in [0.4, 0.5) is 17.1 Å². The largest absolute Gasteiger partial charge is 0.441 e. The van der Waals surface area contributed by atoms with Gasteiger partial charge >= 0.3 is 0 Å². The van der Waals surface area contributed by atoms with Crippen molar-refractivity contribution in [3.63, 3.8) is 0 Å². The molecule has 0 radical (unpaired) electrons. The minimum Gasteiger partial charge on any atom is -0.441 e. The molecule has 0 saturated carbocycles. The van der Waals surface area contributed by atoms with Crippen molar-refractivity contribution in [2.75, 3.05) is 24.3 Å². The number of aromatic nitrogens is 1. The molecule has 4 nitrogen and oxygen atoms in total. The van der Waals surface area contributed by atoms with E-state index in [2.05, 4.69) is 27.3 Å². The van der Waals surface area contributed by atoms with Crippen molar-refractivity contribution in [1.82, 2.24) is 4.98 Å². The zero-order chi connectivity index (χ0) is 14.1. The third kappa shape index (κ3) is 2.20. The monoisotopic (exact) mass is 267 g/mol. The summed E-state index contributed by atoms with van der Waals surface area (Å²) in [6.07, 6.45) is 0.